The Hall–Kier alpha value is -2.04. The predicted molar refractivity (Wildman–Crippen MR) is 86.8 cm³/mol. The summed E-state index contributed by atoms with van der Waals surface area (Å²) in [5.74, 6) is -1.41. The molecule has 2 rings (SSSR count). The number of aryl methyl sites for hydroxylation is 1. The van der Waals surface area contributed by atoms with Crippen molar-refractivity contribution in [3.8, 4) is 0 Å². The molecule has 0 radical (unpaired) electrons. The molecule has 0 aromatic heterocycles. The molecule has 0 saturated carbocycles. The Morgan fingerprint density at radius 1 is 1.05 bits per heavy atom. The van der Waals surface area contributed by atoms with Gasteiger partial charge in [0.05, 0.1) is 11.3 Å². The Kier molecular flexibility index (Phi) is 5.41. The van der Waals surface area contributed by atoms with Gasteiger partial charge in [-0.25, -0.2) is 4.79 Å². The second kappa shape index (κ2) is 7.29. The molecule has 0 heterocycles. The number of carbonyl (C=O) groups is 2. The minimum atomic E-state index is -1.12. The number of rotatable bonds is 5. The van der Waals surface area contributed by atoms with Crippen LogP contribution in [0.25, 0.3) is 0 Å². The van der Waals surface area contributed by atoms with E-state index in [9.17, 15) is 9.59 Å². The summed E-state index contributed by atoms with van der Waals surface area (Å²) in [7, 11) is 0. The number of aromatic carboxylic acids is 1. The van der Waals surface area contributed by atoms with Crippen molar-refractivity contribution < 1.29 is 14.7 Å². The summed E-state index contributed by atoms with van der Waals surface area (Å²) in [5.41, 5.74) is 1.13. The van der Waals surface area contributed by atoms with Crippen molar-refractivity contribution in [2.24, 2.45) is 0 Å². The van der Waals surface area contributed by atoms with Gasteiger partial charge in [-0.1, -0.05) is 35.3 Å². The summed E-state index contributed by atoms with van der Waals surface area (Å²) >= 11 is 11.7. The Bertz CT molecular complexity index is 716. The fourth-order valence-electron chi connectivity index (χ4n) is 1.97. The SMILES string of the molecule is O=C(CCc1cccc(Cl)c1)Nc1cc(Cl)ccc1C(=O)O. The summed E-state index contributed by atoms with van der Waals surface area (Å²) in [4.78, 5) is 23.1. The Morgan fingerprint density at radius 2 is 1.77 bits per heavy atom. The lowest BCUT2D eigenvalue weighted by molar-refractivity contribution is -0.116. The number of halogens is 2. The maximum atomic E-state index is 12.0. The number of carboxylic acids is 1. The number of amides is 1. The highest BCUT2D eigenvalue weighted by Crippen LogP contribution is 2.21. The molecule has 1 amide bonds. The van der Waals surface area contributed by atoms with Crippen LogP contribution in [0.1, 0.15) is 22.3 Å². The molecule has 4 nitrogen and oxygen atoms in total. The van der Waals surface area contributed by atoms with Gasteiger partial charge in [0.1, 0.15) is 0 Å². The molecule has 0 fully saturated rings. The highest BCUT2D eigenvalue weighted by Gasteiger charge is 2.13. The van der Waals surface area contributed by atoms with Crippen LogP contribution in [0.3, 0.4) is 0 Å². The lowest BCUT2D eigenvalue weighted by Crippen LogP contribution is -2.15. The zero-order valence-corrected chi connectivity index (χ0v) is 13.0. The third-order valence-electron chi connectivity index (χ3n) is 3.02. The van der Waals surface area contributed by atoms with Gasteiger partial charge < -0.3 is 10.4 Å². The van der Waals surface area contributed by atoms with Crippen LogP contribution in [-0.2, 0) is 11.2 Å². The van der Waals surface area contributed by atoms with E-state index in [1.54, 1.807) is 12.1 Å². The third-order valence-corrected chi connectivity index (χ3v) is 3.49. The van der Waals surface area contributed by atoms with Gasteiger partial charge in [-0.15, -0.1) is 0 Å². The third kappa shape index (κ3) is 4.48. The van der Waals surface area contributed by atoms with Crippen LogP contribution < -0.4 is 5.32 Å². The normalized spacial score (nSPS) is 10.3. The Balaban J connectivity index is 2.03. The lowest BCUT2D eigenvalue weighted by Gasteiger charge is -2.09. The highest BCUT2D eigenvalue weighted by molar-refractivity contribution is 6.31. The monoisotopic (exact) mass is 337 g/mol. The largest absolute Gasteiger partial charge is 0.478 e. The first-order valence-electron chi connectivity index (χ1n) is 6.53. The molecule has 22 heavy (non-hydrogen) atoms. The standard InChI is InChI=1S/C16H13Cl2NO3/c17-11-3-1-2-10(8-11)4-7-15(20)19-14-9-12(18)5-6-13(14)16(21)22/h1-3,5-6,8-9H,4,7H2,(H,19,20)(H,21,22). The van der Waals surface area contributed by atoms with Crippen molar-refractivity contribution in [1.29, 1.82) is 0 Å². The number of nitrogens with one attached hydrogen (secondary N) is 1. The molecule has 0 aliphatic carbocycles. The summed E-state index contributed by atoms with van der Waals surface area (Å²) in [5, 5.41) is 12.6. The van der Waals surface area contributed by atoms with Crippen molar-refractivity contribution in [1.82, 2.24) is 0 Å². The molecule has 0 bridgehead atoms. The lowest BCUT2D eigenvalue weighted by atomic mass is 10.1. The van der Waals surface area contributed by atoms with E-state index in [1.165, 1.54) is 18.2 Å². The van der Waals surface area contributed by atoms with E-state index in [0.29, 0.717) is 16.5 Å². The maximum absolute atomic E-state index is 12.0. The predicted octanol–water partition coefficient (Wildman–Crippen LogP) is 4.26. The van der Waals surface area contributed by atoms with Crippen LogP contribution in [0.2, 0.25) is 10.0 Å². The van der Waals surface area contributed by atoms with Crippen LogP contribution in [-0.4, -0.2) is 17.0 Å². The molecule has 114 valence electrons. The number of carboxylic acid groups (broad SMARTS) is 1. The van der Waals surface area contributed by atoms with Gasteiger partial charge >= 0.3 is 5.97 Å². The zero-order chi connectivity index (χ0) is 16.1. The van der Waals surface area contributed by atoms with E-state index >= 15 is 0 Å². The van der Waals surface area contributed by atoms with Crippen LogP contribution in [0.4, 0.5) is 5.69 Å². The maximum Gasteiger partial charge on any atom is 0.337 e. The van der Waals surface area contributed by atoms with E-state index in [-0.39, 0.29) is 23.6 Å². The molecule has 0 atom stereocenters. The number of anilines is 1. The van der Waals surface area contributed by atoms with Gasteiger partial charge in [-0.3, -0.25) is 4.79 Å². The molecular formula is C16H13Cl2NO3. The van der Waals surface area contributed by atoms with Crippen LogP contribution in [0.15, 0.2) is 42.5 Å². The molecule has 6 heteroatoms. The average Bonchev–Trinajstić information content (AvgIpc) is 2.45. The van der Waals surface area contributed by atoms with Gasteiger partial charge in [0.2, 0.25) is 5.91 Å². The van der Waals surface area contributed by atoms with E-state index in [0.717, 1.165) is 5.56 Å². The van der Waals surface area contributed by atoms with Gasteiger partial charge in [-0.05, 0) is 42.3 Å². The fraction of sp³-hybridized carbons (Fsp3) is 0.125. The van der Waals surface area contributed by atoms with Gasteiger partial charge in [0.25, 0.3) is 0 Å². The van der Waals surface area contributed by atoms with E-state index in [4.69, 9.17) is 28.3 Å². The summed E-state index contributed by atoms with van der Waals surface area (Å²) in [6.07, 6.45) is 0.723. The number of hydrogen-bond donors (Lipinski definition) is 2. The minimum absolute atomic E-state index is 0.000468. The molecule has 2 aromatic rings. The quantitative estimate of drug-likeness (QED) is 0.856. The number of carbonyl (C=O) groups excluding carboxylic acids is 1. The second-order valence-corrected chi connectivity index (χ2v) is 5.55. The minimum Gasteiger partial charge on any atom is -0.478 e. The van der Waals surface area contributed by atoms with Crippen molar-refractivity contribution in [3.63, 3.8) is 0 Å². The van der Waals surface area contributed by atoms with E-state index in [1.807, 2.05) is 12.1 Å². The summed E-state index contributed by atoms with van der Waals surface area (Å²) in [6, 6.07) is 11.5. The van der Waals surface area contributed by atoms with Crippen molar-refractivity contribution in [2.75, 3.05) is 5.32 Å². The first kappa shape index (κ1) is 16.3. The van der Waals surface area contributed by atoms with E-state index < -0.39 is 5.97 Å². The fourth-order valence-corrected chi connectivity index (χ4v) is 2.35. The summed E-state index contributed by atoms with van der Waals surface area (Å²) in [6.45, 7) is 0. The molecule has 0 saturated heterocycles. The first-order chi connectivity index (χ1) is 10.5. The molecule has 0 aliphatic rings. The average molecular weight is 338 g/mol. The Morgan fingerprint density at radius 3 is 2.45 bits per heavy atom. The smallest absolute Gasteiger partial charge is 0.337 e. The molecule has 2 aromatic carbocycles. The second-order valence-electron chi connectivity index (χ2n) is 4.67. The number of hydrogen-bond acceptors (Lipinski definition) is 2. The summed E-state index contributed by atoms with van der Waals surface area (Å²) < 4.78 is 0. The van der Waals surface area contributed by atoms with Gasteiger partial charge in [0, 0.05) is 16.5 Å². The van der Waals surface area contributed by atoms with Gasteiger partial charge in [-0.2, -0.15) is 0 Å². The zero-order valence-electron chi connectivity index (χ0n) is 11.5. The van der Waals surface area contributed by atoms with Crippen LogP contribution >= 0.6 is 23.2 Å². The topological polar surface area (TPSA) is 66.4 Å². The molecular weight excluding hydrogens is 325 g/mol. The van der Waals surface area contributed by atoms with Gasteiger partial charge in [0.15, 0.2) is 0 Å². The van der Waals surface area contributed by atoms with Crippen LogP contribution in [0, 0.1) is 0 Å². The Labute approximate surface area is 137 Å². The van der Waals surface area contributed by atoms with Crippen molar-refractivity contribution >= 4 is 40.8 Å². The van der Waals surface area contributed by atoms with Crippen molar-refractivity contribution in [2.45, 2.75) is 12.8 Å². The van der Waals surface area contributed by atoms with Crippen molar-refractivity contribution in [3.05, 3.63) is 63.6 Å². The molecule has 2 N–H and O–H groups in total. The first-order valence-corrected chi connectivity index (χ1v) is 7.28. The molecule has 0 spiro atoms. The molecule has 0 aliphatic heterocycles. The van der Waals surface area contributed by atoms with Crippen LogP contribution in [0.5, 0.6) is 0 Å². The number of benzene rings is 2. The molecule has 0 unspecified atom stereocenters. The van der Waals surface area contributed by atoms with E-state index in [2.05, 4.69) is 5.32 Å². The highest BCUT2D eigenvalue weighted by atomic mass is 35.5.